The highest BCUT2D eigenvalue weighted by molar-refractivity contribution is 9.10. The number of benzene rings is 3. The Labute approximate surface area is 226 Å². The number of ether oxygens (including phenoxy) is 1. The molecule has 36 heavy (non-hydrogen) atoms. The van der Waals surface area contributed by atoms with Crippen LogP contribution in [0, 0.1) is 6.92 Å². The molecule has 3 aromatic carbocycles. The van der Waals surface area contributed by atoms with E-state index in [4.69, 9.17) is 16.3 Å². The third kappa shape index (κ3) is 7.84. The van der Waals surface area contributed by atoms with Crippen LogP contribution >= 0.6 is 27.5 Å². The van der Waals surface area contributed by atoms with Gasteiger partial charge in [0.1, 0.15) is 11.8 Å². The molecule has 0 aliphatic heterocycles. The van der Waals surface area contributed by atoms with Gasteiger partial charge in [0.25, 0.3) is 5.91 Å². The number of rotatable bonds is 11. The van der Waals surface area contributed by atoms with E-state index >= 15 is 0 Å². The Kier molecular flexibility index (Phi) is 10.4. The zero-order valence-corrected chi connectivity index (χ0v) is 23.2. The van der Waals surface area contributed by atoms with Gasteiger partial charge in [-0.25, -0.2) is 0 Å². The molecule has 0 spiro atoms. The highest BCUT2D eigenvalue weighted by atomic mass is 79.9. The lowest BCUT2D eigenvalue weighted by Gasteiger charge is -2.32. The van der Waals surface area contributed by atoms with Gasteiger partial charge in [-0.3, -0.25) is 9.59 Å². The fourth-order valence-corrected chi connectivity index (χ4v) is 4.51. The summed E-state index contributed by atoms with van der Waals surface area (Å²) in [6.45, 7) is 6.03. The van der Waals surface area contributed by atoms with Crippen LogP contribution < -0.4 is 10.1 Å². The largest absolute Gasteiger partial charge is 0.482 e. The first kappa shape index (κ1) is 27.8. The Balaban J connectivity index is 1.93. The maximum absolute atomic E-state index is 13.7. The van der Waals surface area contributed by atoms with Crippen LogP contribution in [0.4, 0.5) is 0 Å². The lowest BCUT2D eigenvalue weighted by molar-refractivity contribution is -0.143. The van der Waals surface area contributed by atoms with Gasteiger partial charge in [-0.05, 0) is 55.2 Å². The van der Waals surface area contributed by atoms with Crippen LogP contribution in [0.25, 0.3) is 0 Å². The maximum Gasteiger partial charge on any atom is 0.261 e. The minimum Gasteiger partial charge on any atom is -0.482 e. The molecule has 1 N–H and O–H groups in total. The van der Waals surface area contributed by atoms with Gasteiger partial charge >= 0.3 is 0 Å². The molecule has 3 aromatic rings. The summed E-state index contributed by atoms with van der Waals surface area (Å²) >= 11 is 9.67. The molecule has 0 unspecified atom stereocenters. The average Bonchev–Trinajstić information content (AvgIpc) is 2.87. The highest BCUT2D eigenvalue weighted by Crippen LogP contribution is 2.28. The van der Waals surface area contributed by atoms with E-state index in [1.165, 1.54) is 0 Å². The first-order valence-corrected chi connectivity index (χ1v) is 13.2. The van der Waals surface area contributed by atoms with E-state index in [0.29, 0.717) is 17.2 Å². The number of carbonyl (C=O) groups excluding carboxylic acids is 2. The molecular weight excluding hydrogens is 540 g/mol. The van der Waals surface area contributed by atoms with Crippen molar-refractivity contribution < 1.29 is 14.3 Å². The Bertz CT molecular complexity index is 1170. The van der Waals surface area contributed by atoms with Gasteiger partial charge in [-0.2, -0.15) is 0 Å². The van der Waals surface area contributed by atoms with Gasteiger partial charge in [0, 0.05) is 23.5 Å². The van der Waals surface area contributed by atoms with Crippen LogP contribution in [0.15, 0.2) is 77.3 Å². The topological polar surface area (TPSA) is 58.6 Å². The van der Waals surface area contributed by atoms with E-state index in [1.54, 1.807) is 23.1 Å². The van der Waals surface area contributed by atoms with Crippen LogP contribution in [0.5, 0.6) is 5.75 Å². The van der Waals surface area contributed by atoms with Crippen molar-refractivity contribution in [1.82, 2.24) is 10.2 Å². The lowest BCUT2D eigenvalue weighted by Crippen LogP contribution is -2.53. The third-order valence-corrected chi connectivity index (χ3v) is 6.91. The SMILES string of the molecule is CC[C@@H](C)NC(=O)[C@@H](Cc1ccccc1)N(Cc1ccccc1C)C(=O)COc1ccc(Br)cc1Cl. The summed E-state index contributed by atoms with van der Waals surface area (Å²) in [6, 6.07) is 22.1. The molecule has 2 amide bonds. The normalized spacial score (nSPS) is 12.5. The molecule has 7 heteroatoms. The fourth-order valence-electron chi connectivity index (χ4n) is 3.78. The van der Waals surface area contributed by atoms with Crippen molar-refractivity contribution in [2.45, 2.75) is 52.2 Å². The molecule has 0 saturated carbocycles. The van der Waals surface area contributed by atoms with Crippen molar-refractivity contribution in [3.8, 4) is 5.75 Å². The smallest absolute Gasteiger partial charge is 0.261 e. The van der Waals surface area contributed by atoms with Crippen LogP contribution in [-0.2, 0) is 22.6 Å². The molecule has 0 saturated heterocycles. The number of amides is 2. The number of hydrogen-bond acceptors (Lipinski definition) is 3. The van der Waals surface area contributed by atoms with Crippen molar-refractivity contribution >= 4 is 39.3 Å². The van der Waals surface area contributed by atoms with Crippen LogP contribution in [0.1, 0.15) is 37.0 Å². The molecule has 5 nitrogen and oxygen atoms in total. The number of carbonyl (C=O) groups is 2. The standard InChI is InChI=1S/C29H32BrClN2O3/c1-4-21(3)32-29(35)26(16-22-11-6-5-7-12-22)33(18-23-13-9-8-10-20(23)2)28(34)19-36-27-15-14-24(30)17-25(27)31/h5-15,17,21,26H,4,16,18-19H2,1-3H3,(H,32,35)/t21-,26-/m1/s1. The Hall–Kier alpha value is -2.83. The number of hydrogen-bond donors (Lipinski definition) is 1. The molecular formula is C29H32BrClN2O3. The summed E-state index contributed by atoms with van der Waals surface area (Å²) in [5.74, 6) is -0.0676. The molecule has 0 aromatic heterocycles. The number of nitrogens with zero attached hydrogens (tertiary/aromatic N) is 1. The van der Waals surface area contributed by atoms with Gasteiger partial charge in [-0.1, -0.05) is 89.1 Å². The maximum atomic E-state index is 13.7. The second-order valence-corrected chi connectivity index (χ2v) is 10.2. The summed E-state index contributed by atoms with van der Waals surface area (Å²) in [4.78, 5) is 28.8. The molecule has 0 radical (unpaired) electrons. The quantitative estimate of drug-likeness (QED) is 0.292. The van der Waals surface area contributed by atoms with Crippen LogP contribution in [-0.4, -0.2) is 35.4 Å². The summed E-state index contributed by atoms with van der Waals surface area (Å²) in [5.41, 5.74) is 3.00. The molecule has 3 rings (SSSR count). The zero-order valence-electron chi connectivity index (χ0n) is 20.8. The summed E-state index contributed by atoms with van der Waals surface area (Å²) in [6.07, 6.45) is 1.18. The summed E-state index contributed by atoms with van der Waals surface area (Å²) in [7, 11) is 0. The van der Waals surface area contributed by atoms with Gasteiger partial charge in [-0.15, -0.1) is 0 Å². The molecule has 0 heterocycles. The lowest BCUT2D eigenvalue weighted by atomic mass is 10.0. The molecule has 0 aliphatic carbocycles. The van der Waals surface area contributed by atoms with E-state index in [0.717, 1.165) is 27.6 Å². The van der Waals surface area contributed by atoms with Crippen molar-refractivity contribution in [2.24, 2.45) is 0 Å². The van der Waals surface area contributed by atoms with E-state index in [2.05, 4.69) is 21.2 Å². The molecule has 0 bridgehead atoms. The molecule has 0 fully saturated rings. The minimum absolute atomic E-state index is 0.0102. The number of halogens is 2. The molecule has 0 aliphatic rings. The molecule has 190 valence electrons. The van der Waals surface area contributed by atoms with Crippen LogP contribution in [0.2, 0.25) is 5.02 Å². The van der Waals surface area contributed by atoms with Gasteiger partial charge in [0.2, 0.25) is 5.91 Å². The van der Waals surface area contributed by atoms with E-state index < -0.39 is 6.04 Å². The Morgan fingerprint density at radius 2 is 1.75 bits per heavy atom. The van der Waals surface area contributed by atoms with Crippen molar-refractivity contribution in [3.63, 3.8) is 0 Å². The number of nitrogens with one attached hydrogen (secondary N) is 1. The summed E-state index contributed by atoms with van der Waals surface area (Å²) in [5, 5.41) is 3.48. The first-order chi connectivity index (χ1) is 17.3. The van der Waals surface area contributed by atoms with E-state index in [9.17, 15) is 9.59 Å². The second kappa shape index (κ2) is 13.5. The molecule has 2 atom stereocenters. The average molecular weight is 572 g/mol. The van der Waals surface area contributed by atoms with Gasteiger partial charge < -0.3 is 15.0 Å². The van der Waals surface area contributed by atoms with Gasteiger partial charge in [0.15, 0.2) is 6.61 Å². The zero-order chi connectivity index (χ0) is 26.1. The van der Waals surface area contributed by atoms with Crippen molar-refractivity contribution in [1.29, 1.82) is 0 Å². The van der Waals surface area contributed by atoms with E-state index in [1.807, 2.05) is 75.4 Å². The monoisotopic (exact) mass is 570 g/mol. The minimum atomic E-state index is -0.711. The first-order valence-electron chi connectivity index (χ1n) is 12.0. The summed E-state index contributed by atoms with van der Waals surface area (Å²) < 4.78 is 6.63. The number of aryl methyl sites for hydroxylation is 1. The highest BCUT2D eigenvalue weighted by Gasteiger charge is 2.31. The predicted molar refractivity (Wildman–Crippen MR) is 148 cm³/mol. The Morgan fingerprint density at radius 3 is 2.42 bits per heavy atom. The van der Waals surface area contributed by atoms with Crippen molar-refractivity contribution in [3.05, 3.63) is 99.0 Å². The third-order valence-electron chi connectivity index (χ3n) is 6.12. The second-order valence-electron chi connectivity index (χ2n) is 8.83. The Morgan fingerprint density at radius 1 is 1.06 bits per heavy atom. The fraction of sp³-hybridized carbons (Fsp3) is 0.310. The van der Waals surface area contributed by atoms with Gasteiger partial charge in [0.05, 0.1) is 5.02 Å². The predicted octanol–water partition coefficient (Wildman–Crippen LogP) is 6.34. The van der Waals surface area contributed by atoms with E-state index in [-0.39, 0.29) is 31.0 Å². The van der Waals surface area contributed by atoms with Crippen LogP contribution in [0.3, 0.4) is 0 Å². The van der Waals surface area contributed by atoms with Crippen molar-refractivity contribution in [2.75, 3.05) is 6.61 Å².